The average Bonchev–Trinajstić information content (AvgIpc) is 2.39. The second kappa shape index (κ2) is 1.48. The molecule has 1 heterocycles. The summed E-state index contributed by atoms with van der Waals surface area (Å²) in [6.45, 7) is 2.43. The first-order valence-corrected chi connectivity index (χ1v) is 4.10. The summed E-state index contributed by atoms with van der Waals surface area (Å²) in [4.78, 5) is 0.773. The van der Waals surface area contributed by atoms with Gasteiger partial charge < -0.3 is 5.32 Å². The van der Waals surface area contributed by atoms with Crippen molar-refractivity contribution in [3.8, 4) is 0 Å². The van der Waals surface area contributed by atoms with Gasteiger partial charge in [0.25, 0.3) is 0 Å². The molecule has 0 aromatic heterocycles. The van der Waals surface area contributed by atoms with Gasteiger partial charge in [-0.25, -0.2) is 0 Å². The molecule has 2 heteroatoms. The molecule has 0 aromatic carbocycles. The maximum absolute atomic E-state index is 3.66. The summed E-state index contributed by atoms with van der Waals surface area (Å²) in [5, 5.41) is 3.38. The summed E-state index contributed by atoms with van der Waals surface area (Å²) >= 11 is 3.66. The van der Waals surface area contributed by atoms with E-state index in [0.29, 0.717) is 5.41 Å². The number of nitrogens with one attached hydrogen (secondary N) is 1. The molecule has 0 aromatic rings. The molecule has 1 aliphatic heterocycles. The van der Waals surface area contributed by atoms with Crippen molar-refractivity contribution >= 4 is 15.9 Å². The van der Waals surface area contributed by atoms with Gasteiger partial charge in [0.15, 0.2) is 0 Å². The molecule has 1 N–H and O–H groups in total. The SMILES string of the molecule is BrC1CNCC12CC2. The molecule has 1 spiro atoms. The van der Waals surface area contributed by atoms with E-state index in [1.807, 2.05) is 0 Å². The lowest BCUT2D eigenvalue weighted by atomic mass is 10.1. The van der Waals surface area contributed by atoms with E-state index in [1.54, 1.807) is 0 Å². The standard InChI is InChI=1S/C6H10BrN/c7-5-3-8-4-6(5)1-2-6/h5,8H,1-4H2. The van der Waals surface area contributed by atoms with Gasteiger partial charge in [-0.05, 0) is 18.3 Å². The average molecular weight is 176 g/mol. The smallest absolute Gasteiger partial charge is 0.0339 e. The lowest BCUT2D eigenvalue weighted by molar-refractivity contribution is 0.591. The highest BCUT2D eigenvalue weighted by molar-refractivity contribution is 9.09. The molecule has 0 radical (unpaired) electrons. The molecule has 0 amide bonds. The van der Waals surface area contributed by atoms with Crippen LogP contribution in [0.5, 0.6) is 0 Å². The fourth-order valence-corrected chi connectivity index (χ4v) is 2.27. The molecule has 2 aliphatic rings. The van der Waals surface area contributed by atoms with Crippen LogP contribution < -0.4 is 5.32 Å². The normalized spacial score (nSPS) is 40.9. The van der Waals surface area contributed by atoms with Crippen molar-refractivity contribution in [1.29, 1.82) is 0 Å². The fraction of sp³-hybridized carbons (Fsp3) is 1.00. The predicted molar refractivity (Wildman–Crippen MR) is 37.3 cm³/mol. The number of rotatable bonds is 0. The number of halogens is 1. The quantitative estimate of drug-likeness (QED) is 0.545. The van der Waals surface area contributed by atoms with Gasteiger partial charge in [0.05, 0.1) is 0 Å². The van der Waals surface area contributed by atoms with E-state index in [2.05, 4.69) is 21.2 Å². The Bertz CT molecular complexity index is 109. The fourth-order valence-electron chi connectivity index (χ4n) is 1.43. The molecule has 2 fully saturated rings. The van der Waals surface area contributed by atoms with Gasteiger partial charge in [-0.15, -0.1) is 0 Å². The van der Waals surface area contributed by atoms with Crippen LogP contribution in [0.3, 0.4) is 0 Å². The summed E-state index contributed by atoms with van der Waals surface area (Å²) in [5.41, 5.74) is 0.708. The van der Waals surface area contributed by atoms with Crippen LogP contribution in [0.4, 0.5) is 0 Å². The van der Waals surface area contributed by atoms with E-state index < -0.39 is 0 Å². The minimum absolute atomic E-state index is 0.708. The predicted octanol–water partition coefficient (Wildman–Crippen LogP) is 1.13. The van der Waals surface area contributed by atoms with Crippen molar-refractivity contribution in [3.05, 3.63) is 0 Å². The van der Waals surface area contributed by atoms with Crippen LogP contribution >= 0.6 is 15.9 Å². The Hall–Kier alpha value is 0.440. The third kappa shape index (κ3) is 0.560. The van der Waals surface area contributed by atoms with E-state index >= 15 is 0 Å². The first-order valence-electron chi connectivity index (χ1n) is 3.18. The van der Waals surface area contributed by atoms with E-state index in [9.17, 15) is 0 Å². The van der Waals surface area contributed by atoms with E-state index in [4.69, 9.17) is 0 Å². The summed E-state index contributed by atoms with van der Waals surface area (Å²) < 4.78 is 0. The first-order chi connectivity index (χ1) is 3.83. The highest BCUT2D eigenvalue weighted by Crippen LogP contribution is 2.53. The van der Waals surface area contributed by atoms with E-state index in [-0.39, 0.29) is 0 Å². The van der Waals surface area contributed by atoms with Crippen molar-refractivity contribution in [2.75, 3.05) is 13.1 Å². The van der Waals surface area contributed by atoms with Crippen molar-refractivity contribution < 1.29 is 0 Å². The summed E-state index contributed by atoms with van der Waals surface area (Å²) in [5.74, 6) is 0. The van der Waals surface area contributed by atoms with Crippen LogP contribution in [0.15, 0.2) is 0 Å². The molecular formula is C6H10BrN. The van der Waals surface area contributed by atoms with Crippen molar-refractivity contribution in [2.24, 2.45) is 5.41 Å². The lowest BCUT2D eigenvalue weighted by Gasteiger charge is -2.06. The van der Waals surface area contributed by atoms with Gasteiger partial charge >= 0.3 is 0 Å². The highest BCUT2D eigenvalue weighted by Gasteiger charge is 2.50. The maximum atomic E-state index is 3.66. The molecule has 46 valence electrons. The van der Waals surface area contributed by atoms with Gasteiger partial charge in [-0.2, -0.15) is 0 Å². The van der Waals surface area contributed by atoms with Crippen LogP contribution in [-0.2, 0) is 0 Å². The van der Waals surface area contributed by atoms with E-state index in [1.165, 1.54) is 25.9 Å². The van der Waals surface area contributed by atoms with Gasteiger partial charge in [0, 0.05) is 17.9 Å². The molecule has 1 saturated carbocycles. The van der Waals surface area contributed by atoms with Crippen LogP contribution in [0, 0.1) is 5.41 Å². The van der Waals surface area contributed by atoms with Crippen molar-refractivity contribution in [3.63, 3.8) is 0 Å². The Kier molecular flexibility index (Phi) is 0.970. The number of hydrogen-bond donors (Lipinski definition) is 1. The van der Waals surface area contributed by atoms with E-state index in [0.717, 1.165) is 4.83 Å². The van der Waals surface area contributed by atoms with Crippen LogP contribution in [0.2, 0.25) is 0 Å². The minimum Gasteiger partial charge on any atom is -0.315 e. The van der Waals surface area contributed by atoms with Gasteiger partial charge in [-0.1, -0.05) is 15.9 Å². The highest BCUT2D eigenvalue weighted by atomic mass is 79.9. The molecule has 1 aliphatic carbocycles. The monoisotopic (exact) mass is 175 g/mol. The van der Waals surface area contributed by atoms with Crippen molar-refractivity contribution in [2.45, 2.75) is 17.7 Å². The van der Waals surface area contributed by atoms with Crippen LogP contribution in [-0.4, -0.2) is 17.9 Å². The third-order valence-corrected chi connectivity index (χ3v) is 3.65. The molecular weight excluding hydrogens is 166 g/mol. The van der Waals surface area contributed by atoms with Crippen LogP contribution in [0.1, 0.15) is 12.8 Å². The van der Waals surface area contributed by atoms with Gasteiger partial charge in [0.2, 0.25) is 0 Å². The first kappa shape index (κ1) is 5.24. The molecule has 0 bridgehead atoms. The Morgan fingerprint density at radius 3 is 2.50 bits per heavy atom. The summed E-state index contributed by atoms with van der Waals surface area (Å²) in [6, 6.07) is 0. The number of hydrogen-bond acceptors (Lipinski definition) is 1. The summed E-state index contributed by atoms with van der Waals surface area (Å²) in [7, 11) is 0. The zero-order chi connectivity index (χ0) is 5.61. The lowest BCUT2D eigenvalue weighted by Crippen LogP contribution is -2.11. The molecule has 1 atom stereocenters. The largest absolute Gasteiger partial charge is 0.315 e. The summed E-state index contributed by atoms with van der Waals surface area (Å²) in [6.07, 6.45) is 2.88. The second-order valence-corrected chi connectivity index (χ2v) is 4.07. The van der Waals surface area contributed by atoms with Crippen molar-refractivity contribution in [1.82, 2.24) is 5.32 Å². The zero-order valence-corrected chi connectivity index (χ0v) is 6.37. The Labute approximate surface area is 58.0 Å². The van der Waals surface area contributed by atoms with Crippen LogP contribution in [0.25, 0.3) is 0 Å². The van der Waals surface area contributed by atoms with Gasteiger partial charge in [0.1, 0.15) is 0 Å². The minimum atomic E-state index is 0.708. The topological polar surface area (TPSA) is 12.0 Å². The molecule has 1 nitrogen and oxygen atoms in total. The Morgan fingerprint density at radius 1 is 1.50 bits per heavy atom. The zero-order valence-electron chi connectivity index (χ0n) is 4.78. The molecule has 8 heavy (non-hydrogen) atoms. The molecule has 1 unspecified atom stereocenters. The maximum Gasteiger partial charge on any atom is 0.0339 e. The Morgan fingerprint density at radius 2 is 2.25 bits per heavy atom. The third-order valence-electron chi connectivity index (χ3n) is 2.36. The second-order valence-electron chi connectivity index (χ2n) is 2.96. The van der Waals surface area contributed by atoms with Gasteiger partial charge in [-0.3, -0.25) is 0 Å². The Balaban J connectivity index is 2.12. The molecule has 2 rings (SSSR count). The number of alkyl halides is 1. The molecule has 1 saturated heterocycles.